The fourth-order valence-corrected chi connectivity index (χ4v) is 1.21. The number of hydrogen-bond acceptors (Lipinski definition) is 0. The lowest BCUT2D eigenvalue weighted by atomic mass is 9.98. The van der Waals surface area contributed by atoms with Crippen LogP contribution >= 0.6 is 0 Å². The van der Waals surface area contributed by atoms with Gasteiger partial charge in [-0.15, -0.1) is 0 Å². The molecule has 0 aromatic rings. The first kappa shape index (κ1) is 10.9. The molecule has 68 valence electrons. The maximum Gasteiger partial charge on any atom is 0.0897 e. The fraction of sp³-hybridized carbons (Fsp3) is 1.00. The first-order chi connectivity index (χ1) is 5.16. The highest BCUT2D eigenvalue weighted by Crippen LogP contribution is 2.14. The molecule has 0 heterocycles. The molecule has 0 amide bonds. The van der Waals surface area contributed by atoms with Gasteiger partial charge in [0, 0.05) is 0 Å². The molecule has 0 saturated carbocycles. The van der Waals surface area contributed by atoms with Crippen molar-refractivity contribution < 1.29 is 4.39 Å². The van der Waals surface area contributed by atoms with Crippen LogP contribution in [0.15, 0.2) is 0 Å². The van der Waals surface area contributed by atoms with E-state index in [1.807, 2.05) is 0 Å². The van der Waals surface area contributed by atoms with Crippen LogP contribution in [0.3, 0.4) is 0 Å². The SMILES string of the molecule is CC(C)CCC[C@H](C)CCF. The molecule has 1 atom stereocenters. The number of alkyl halides is 1. The van der Waals surface area contributed by atoms with E-state index in [1.165, 1.54) is 19.3 Å². The molecule has 0 aromatic heterocycles. The summed E-state index contributed by atoms with van der Waals surface area (Å²) in [5, 5.41) is 0. The number of hydrogen-bond donors (Lipinski definition) is 0. The summed E-state index contributed by atoms with van der Waals surface area (Å²) in [6, 6.07) is 0. The number of halogens is 1. The Kier molecular flexibility index (Phi) is 6.59. The van der Waals surface area contributed by atoms with Crippen LogP contribution in [0.5, 0.6) is 0 Å². The lowest BCUT2D eigenvalue weighted by Gasteiger charge is -2.09. The topological polar surface area (TPSA) is 0 Å². The van der Waals surface area contributed by atoms with Crippen molar-refractivity contribution in [2.45, 2.75) is 46.5 Å². The molecular formula is C10H21F. The van der Waals surface area contributed by atoms with Crippen molar-refractivity contribution in [1.82, 2.24) is 0 Å². The quantitative estimate of drug-likeness (QED) is 0.554. The second-order valence-electron chi connectivity index (χ2n) is 3.91. The fourth-order valence-electron chi connectivity index (χ4n) is 1.21. The lowest BCUT2D eigenvalue weighted by Crippen LogP contribution is -1.97. The molecule has 11 heavy (non-hydrogen) atoms. The van der Waals surface area contributed by atoms with E-state index in [4.69, 9.17) is 0 Å². The van der Waals surface area contributed by atoms with Gasteiger partial charge in [0.1, 0.15) is 0 Å². The second-order valence-corrected chi connectivity index (χ2v) is 3.91. The van der Waals surface area contributed by atoms with Crippen molar-refractivity contribution in [2.24, 2.45) is 11.8 Å². The standard InChI is InChI=1S/C10H21F/c1-9(2)5-4-6-10(3)7-8-11/h9-10H,4-8H2,1-3H3/t10-/m0/s1. The zero-order valence-electron chi connectivity index (χ0n) is 8.07. The van der Waals surface area contributed by atoms with Gasteiger partial charge in [0.15, 0.2) is 0 Å². The molecular weight excluding hydrogens is 139 g/mol. The van der Waals surface area contributed by atoms with Gasteiger partial charge in [-0.1, -0.05) is 40.0 Å². The Morgan fingerprint density at radius 2 is 1.64 bits per heavy atom. The summed E-state index contributed by atoms with van der Waals surface area (Å²) in [6.07, 6.45) is 4.50. The molecule has 0 N–H and O–H groups in total. The summed E-state index contributed by atoms with van der Waals surface area (Å²) in [6.45, 7) is 6.46. The van der Waals surface area contributed by atoms with Crippen molar-refractivity contribution in [3.63, 3.8) is 0 Å². The molecule has 0 rings (SSSR count). The molecule has 1 heteroatoms. The Hall–Kier alpha value is -0.0700. The van der Waals surface area contributed by atoms with Gasteiger partial charge in [0.25, 0.3) is 0 Å². The average Bonchev–Trinajstić information content (AvgIpc) is 1.87. The summed E-state index contributed by atoms with van der Waals surface area (Å²) in [4.78, 5) is 0. The highest BCUT2D eigenvalue weighted by molar-refractivity contribution is 4.54. The third-order valence-electron chi connectivity index (χ3n) is 2.08. The average molecular weight is 160 g/mol. The second kappa shape index (κ2) is 6.63. The van der Waals surface area contributed by atoms with Crippen molar-refractivity contribution in [3.8, 4) is 0 Å². The third-order valence-corrected chi connectivity index (χ3v) is 2.08. The molecule has 0 aliphatic carbocycles. The van der Waals surface area contributed by atoms with Crippen molar-refractivity contribution in [1.29, 1.82) is 0 Å². The monoisotopic (exact) mass is 160 g/mol. The van der Waals surface area contributed by atoms with Crippen LogP contribution in [0.2, 0.25) is 0 Å². The van der Waals surface area contributed by atoms with Gasteiger partial charge in [0.05, 0.1) is 6.67 Å². The molecule has 0 aromatic carbocycles. The minimum Gasteiger partial charge on any atom is -0.251 e. The van der Waals surface area contributed by atoms with Gasteiger partial charge in [-0.3, -0.25) is 4.39 Å². The summed E-state index contributed by atoms with van der Waals surface area (Å²) in [7, 11) is 0. The number of rotatable bonds is 6. The minimum absolute atomic E-state index is 0.150. The molecule has 0 bridgehead atoms. The molecule has 0 nitrogen and oxygen atoms in total. The molecule has 0 spiro atoms. The first-order valence-electron chi connectivity index (χ1n) is 4.72. The molecule has 0 fully saturated rings. The Bertz CT molecular complexity index is 78.9. The zero-order valence-corrected chi connectivity index (χ0v) is 8.07. The summed E-state index contributed by atoms with van der Waals surface area (Å²) < 4.78 is 11.8. The van der Waals surface area contributed by atoms with E-state index in [2.05, 4.69) is 20.8 Å². The van der Waals surface area contributed by atoms with E-state index >= 15 is 0 Å². The van der Waals surface area contributed by atoms with Crippen LogP contribution in [0.25, 0.3) is 0 Å². The lowest BCUT2D eigenvalue weighted by molar-refractivity contribution is 0.373. The van der Waals surface area contributed by atoms with Gasteiger partial charge < -0.3 is 0 Å². The van der Waals surface area contributed by atoms with E-state index in [-0.39, 0.29) is 6.67 Å². The molecule has 0 unspecified atom stereocenters. The van der Waals surface area contributed by atoms with Crippen LogP contribution in [0, 0.1) is 11.8 Å². The van der Waals surface area contributed by atoms with Crippen LogP contribution in [0.4, 0.5) is 4.39 Å². The minimum atomic E-state index is -0.150. The van der Waals surface area contributed by atoms with Crippen LogP contribution < -0.4 is 0 Å². The van der Waals surface area contributed by atoms with Crippen molar-refractivity contribution in [2.75, 3.05) is 6.67 Å². The summed E-state index contributed by atoms with van der Waals surface area (Å²) in [5.41, 5.74) is 0. The van der Waals surface area contributed by atoms with Gasteiger partial charge in [0.2, 0.25) is 0 Å². The van der Waals surface area contributed by atoms with Crippen molar-refractivity contribution >= 4 is 0 Å². The van der Waals surface area contributed by atoms with Crippen LogP contribution in [0.1, 0.15) is 46.5 Å². The highest BCUT2D eigenvalue weighted by atomic mass is 19.1. The van der Waals surface area contributed by atoms with E-state index in [9.17, 15) is 4.39 Å². The summed E-state index contributed by atoms with van der Waals surface area (Å²) in [5.74, 6) is 1.38. The van der Waals surface area contributed by atoms with Crippen LogP contribution in [-0.4, -0.2) is 6.67 Å². The predicted molar refractivity (Wildman–Crippen MR) is 48.4 cm³/mol. The van der Waals surface area contributed by atoms with Gasteiger partial charge in [-0.05, 0) is 18.3 Å². The van der Waals surface area contributed by atoms with E-state index in [1.54, 1.807) is 0 Å². The normalized spacial score (nSPS) is 13.9. The van der Waals surface area contributed by atoms with Gasteiger partial charge >= 0.3 is 0 Å². The van der Waals surface area contributed by atoms with E-state index in [0.29, 0.717) is 5.92 Å². The predicted octanol–water partition coefficient (Wildman–Crippen LogP) is 3.81. The maximum absolute atomic E-state index is 11.8. The summed E-state index contributed by atoms with van der Waals surface area (Å²) >= 11 is 0. The Labute approximate surface area is 70.2 Å². The molecule has 0 radical (unpaired) electrons. The molecule has 0 saturated heterocycles. The smallest absolute Gasteiger partial charge is 0.0897 e. The Morgan fingerprint density at radius 3 is 2.09 bits per heavy atom. The van der Waals surface area contributed by atoms with Crippen molar-refractivity contribution in [3.05, 3.63) is 0 Å². The highest BCUT2D eigenvalue weighted by Gasteiger charge is 2.01. The van der Waals surface area contributed by atoms with E-state index < -0.39 is 0 Å². The third kappa shape index (κ3) is 7.83. The Balaban J connectivity index is 3.10. The zero-order chi connectivity index (χ0) is 8.69. The van der Waals surface area contributed by atoms with Gasteiger partial charge in [-0.2, -0.15) is 0 Å². The van der Waals surface area contributed by atoms with Crippen LogP contribution in [-0.2, 0) is 0 Å². The maximum atomic E-state index is 11.8. The van der Waals surface area contributed by atoms with E-state index in [0.717, 1.165) is 12.3 Å². The Morgan fingerprint density at radius 1 is 1.00 bits per heavy atom. The molecule has 0 aliphatic heterocycles. The first-order valence-corrected chi connectivity index (χ1v) is 4.72. The largest absolute Gasteiger partial charge is 0.251 e. The van der Waals surface area contributed by atoms with Gasteiger partial charge in [-0.25, -0.2) is 0 Å². The molecule has 0 aliphatic rings.